The van der Waals surface area contributed by atoms with Crippen LogP contribution in [-0.2, 0) is 12.8 Å². The highest BCUT2D eigenvalue weighted by molar-refractivity contribution is 6.03. The fourth-order valence-corrected chi connectivity index (χ4v) is 4.24. The smallest absolute Gasteiger partial charge is 0.0540 e. The topological polar surface area (TPSA) is 3.24 Å². The summed E-state index contributed by atoms with van der Waals surface area (Å²) in [5.41, 5.74) is 9.18. The highest BCUT2D eigenvalue weighted by Crippen LogP contribution is 2.42. The highest BCUT2D eigenvalue weighted by Gasteiger charge is 2.20. The molecule has 0 bridgehead atoms. The van der Waals surface area contributed by atoms with E-state index in [2.05, 4.69) is 97.6 Å². The Kier molecular flexibility index (Phi) is 3.75. The van der Waals surface area contributed by atoms with Gasteiger partial charge in [-0.05, 0) is 73.5 Å². The summed E-state index contributed by atoms with van der Waals surface area (Å²) in [6, 6.07) is 29.0. The number of hydrogen-bond acceptors (Lipinski definition) is 1. The molecule has 0 heterocycles. The molecule has 0 atom stereocenters. The number of nitrogens with zero attached hydrogens (tertiary/aromatic N) is 1. The molecule has 1 heteroatoms. The zero-order chi connectivity index (χ0) is 18.4. The van der Waals surface area contributed by atoms with Crippen LogP contribution in [0.25, 0.3) is 10.8 Å². The van der Waals surface area contributed by atoms with E-state index in [1.807, 2.05) is 0 Å². The lowest BCUT2D eigenvalue weighted by molar-refractivity contribution is 1.02. The van der Waals surface area contributed by atoms with Crippen LogP contribution < -0.4 is 4.90 Å². The van der Waals surface area contributed by atoms with Gasteiger partial charge in [-0.1, -0.05) is 59.7 Å². The average molecular weight is 349 g/mol. The van der Waals surface area contributed by atoms with Gasteiger partial charge in [0.15, 0.2) is 0 Å². The molecule has 0 aromatic heterocycles. The lowest BCUT2D eigenvalue weighted by Gasteiger charge is -2.27. The van der Waals surface area contributed by atoms with Crippen molar-refractivity contribution in [3.63, 3.8) is 0 Å². The molecule has 0 fully saturated rings. The average Bonchev–Trinajstić information content (AvgIpc) is 3.11. The Labute approximate surface area is 160 Å². The van der Waals surface area contributed by atoms with Crippen molar-refractivity contribution in [2.24, 2.45) is 0 Å². The maximum atomic E-state index is 2.39. The Morgan fingerprint density at radius 2 is 1.15 bits per heavy atom. The van der Waals surface area contributed by atoms with Crippen LogP contribution in [-0.4, -0.2) is 0 Å². The fraction of sp³-hybridized carbons (Fsp3) is 0.154. The zero-order valence-corrected chi connectivity index (χ0v) is 15.9. The quantitative estimate of drug-likeness (QED) is 0.384. The molecular weight excluding hydrogens is 326 g/mol. The van der Waals surface area contributed by atoms with E-state index in [0.717, 1.165) is 12.8 Å². The maximum absolute atomic E-state index is 2.39. The van der Waals surface area contributed by atoms with Crippen molar-refractivity contribution in [1.82, 2.24) is 0 Å². The number of aryl methyl sites for hydroxylation is 4. The molecule has 27 heavy (non-hydrogen) atoms. The Bertz CT molecular complexity index is 1070. The minimum absolute atomic E-state index is 1.16. The van der Waals surface area contributed by atoms with Gasteiger partial charge < -0.3 is 4.90 Å². The second kappa shape index (κ2) is 6.28. The van der Waals surface area contributed by atoms with Crippen LogP contribution in [0, 0.1) is 13.8 Å². The Balaban J connectivity index is 1.78. The molecule has 0 N–H and O–H groups in total. The number of anilines is 3. The minimum Gasteiger partial charge on any atom is -0.310 e. The summed E-state index contributed by atoms with van der Waals surface area (Å²) in [6.45, 7) is 4.28. The van der Waals surface area contributed by atoms with Crippen LogP contribution in [0.15, 0.2) is 78.9 Å². The van der Waals surface area contributed by atoms with Gasteiger partial charge in [-0.15, -0.1) is 0 Å². The van der Waals surface area contributed by atoms with Crippen molar-refractivity contribution in [2.45, 2.75) is 26.7 Å². The summed E-state index contributed by atoms with van der Waals surface area (Å²) in [6.07, 6.45) is 2.32. The number of hydrogen-bond donors (Lipinski definition) is 0. The van der Waals surface area contributed by atoms with Crippen molar-refractivity contribution >= 4 is 27.8 Å². The lowest BCUT2D eigenvalue weighted by Crippen LogP contribution is -2.10. The Morgan fingerprint density at radius 3 is 1.74 bits per heavy atom. The molecule has 1 aliphatic carbocycles. The molecule has 0 amide bonds. The van der Waals surface area contributed by atoms with E-state index >= 15 is 0 Å². The van der Waals surface area contributed by atoms with Crippen LogP contribution >= 0.6 is 0 Å². The van der Waals surface area contributed by atoms with E-state index in [1.54, 1.807) is 0 Å². The van der Waals surface area contributed by atoms with E-state index in [1.165, 1.54) is 50.1 Å². The summed E-state index contributed by atoms with van der Waals surface area (Å²) in [5.74, 6) is 0. The van der Waals surface area contributed by atoms with E-state index in [-0.39, 0.29) is 0 Å². The van der Waals surface area contributed by atoms with Gasteiger partial charge in [-0.3, -0.25) is 0 Å². The SMILES string of the molecule is Cc1ccc(N(c2ccc(C)cc2)c2ccc3c4c(cccc24)CC3)cc1. The molecule has 5 rings (SSSR count). The molecule has 132 valence electrons. The monoisotopic (exact) mass is 349 g/mol. The second-order valence-electron chi connectivity index (χ2n) is 7.59. The van der Waals surface area contributed by atoms with E-state index < -0.39 is 0 Å². The third kappa shape index (κ3) is 2.71. The molecule has 0 spiro atoms. The Morgan fingerprint density at radius 1 is 0.593 bits per heavy atom. The number of benzene rings is 4. The van der Waals surface area contributed by atoms with E-state index in [0.29, 0.717) is 0 Å². The van der Waals surface area contributed by atoms with Gasteiger partial charge in [0.1, 0.15) is 0 Å². The highest BCUT2D eigenvalue weighted by atomic mass is 15.1. The van der Waals surface area contributed by atoms with Gasteiger partial charge in [0.05, 0.1) is 5.69 Å². The largest absolute Gasteiger partial charge is 0.310 e. The first-order valence-electron chi connectivity index (χ1n) is 9.68. The molecule has 0 saturated carbocycles. The molecule has 1 nitrogen and oxygen atoms in total. The molecule has 1 aliphatic rings. The summed E-state index contributed by atoms with van der Waals surface area (Å²) in [4.78, 5) is 2.39. The zero-order valence-electron chi connectivity index (χ0n) is 15.9. The summed E-state index contributed by atoms with van der Waals surface area (Å²) in [5, 5.41) is 2.81. The van der Waals surface area contributed by atoms with E-state index in [9.17, 15) is 0 Å². The maximum Gasteiger partial charge on any atom is 0.0540 e. The van der Waals surface area contributed by atoms with Crippen LogP contribution in [0.2, 0.25) is 0 Å². The molecule has 0 aliphatic heterocycles. The third-order valence-corrected chi connectivity index (χ3v) is 5.68. The minimum atomic E-state index is 1.16. The van der Waals surface area contributed by atoms with Crippen molar-refractivity contribution < 1.29 is 0 Å². The second-order valence-corrected chi connectivity index (χ2v) is 7.59. The van der Waals surface area contributed by atoms with Gasteiger partial charge >= 0.3 is 0 Å². The van der Waals surface area contributed by atoms with Crippen LogP contribution in [0.4, 0.5) is 17.1 Å². The van der Waals surface area contributed by atoms with Crippen molar-refractivity contribution in [1.29, 1.82) is 0 Å². The lowest BCUT2D eigenvalue weighted by atomic mass is 10.0. The molecule has 4 aromatic carbocycles. The normalized spacial score (nSPS) is 12.5. The third-order valence-electron chi connectivity index (χ3n) is 5.68. The first-order chi connectivity index (χ1) is 13.2. The molecule has 0 radical (unpaired) electrons. The molecule has 4 aromatic rings. The number of rotatable bonds is 3. The van der Waals surface area contributed by atoms with Crippen molar-refractivity contribution in [3.8, 4) is 0 Å². The van der Waals surface area contributed by atoms with E-state index in [4.69, 9.17) is 0 Å². The van der Waals surface area contributed by atoms with Crippen LogP contribution in [0.5, 0.6) is 0 Å². The molecule has 0 saturated heterocycles. The van der Waals surface area contributed by atoms with Gasteiger partial charge in [-0.25, -0.2) is 0 Å². The van der Waals surface area contributed by atoms with Gasteiger partial charge in [0.2, 0.25) is 0 Å². The molecule has 0 unspecified atom stereocenters. The Hall–Kier alpha value is -3.06. The van der Waals surface area contributed by atoms with Gasteiger partial charge in [0.25, 0.3) is 0 Å². The first kappa shape index (κ1) is 16.1. The predicted molar refractivity (Wildman–Crippen MR) is 116 cm³/mol. The van der Waals surface area contributed by atoms with Gasteiger partial charge in [0, 0.05) is 16.8 Å². The van der Waals surface area contributed by atoms with Crippen LogP contribution in [0.1, 0.15) is 22.3 Å². The summed E-state index contributed by atoms with van der Waals surface area (Å²) >= 11 is 0. The first-order valence-corrected chi connectivity index (χ1v) is 9.68. The van der Waals surface area contributed by atoms with Crippen molar-refractivity contribution in [2.75, 3.05) is 4.90 Å². The fourth-order valence-electron chi connectivity index (χ4n) is 4.24. The summed E-state index contributed by atoms with van der Waals surface area (Å²) < 4.78 is 0. The predicted octanol–water partition coefficient (Wildman–Crippen LogP) is 7.03. The van der Waals surface area contributed by atoms with Crippen molar-refractivity contribution in [3.05, 3.63) is 101 Å². The summed E-state index contributed by atoms with van der Waals surface area (Å²) in [7, 11) is 0. The van der Waals surface area contributed by atoms with Gasteiger partial charge in [-0.2, -0.15) is 0 Å². The van der Waals surface area contributed by atoms with Crippen LogP contribution in [0.3, 0.4) is 0 Å². The molecular formula is C26H23N. The standard InChI is InChI=1S/C26H23N/c1-18-6-13-22(14-7-18)27(23-15-8-19(2)9-16-23)25-17-12-21-11-10-20-4-3-5-24(25)26(20)21/h3-9,12-17H,10-11H2,1-2H3.